The van der Waals surface area contributed by atoms with Gasteiger partial charge in [-0.3, -0.25) is 4.90 Å². The summed E-state index contributed by atoms with van der Waals surface area (Å²) in [5, 5.41) is 10.6. The van der Waals surface area contributed by atoms with Gasteiger partial charge < -0.3 is 14.7 Å². The van der Waals surface area contributed by atoms with E-state index in [1.807, 2.05) is 4.90 Å². The van der Waals surface area contributed by atoms with E-state index in [1.54, 1.807) is 0 Å². The third-order valence-electron chi connectivity index (χ3n) is 9.23. The Bertz CT molecular complexity index is 1130. The van der Waals surface area contributed by atoms with E-state index >= 15 is 0 Å². The molecule has 0 radical (unpaired) electrons. The smallest absolute Gasteiger partial charge is 0.408 e. The molecule has 5 heteroatoms. The molecule has 2 aromatic rings. The van der Waals surface area contributed by atoms with Gasteiger partial charge in [0.2, 0.25) is 0 Å². The Morgan fingerprint density at radius 2 is 1.81 bits per heavy atom. The third-order valence-corrected chi connectivity index (χ3v) is 9.23. The number of rotatable bonds is 7. The normalized spacial score (nSPS) is 26.0. The molecule has 2 bridgehead atoms. The summed E-state index contributed by atoms with van der Waals surface area (Å²) in [6, 6.07) is 11.2. The molecular formula is C32H44N2O3. The van der Waals surface area contributed by atoms with Gasteiger partial charge in [0.25, 0.3) is 0 Å². The van der Waals surface area contributed by atoms with Crippen LogP contribution in [0.15, 0.2) is 30.3 Å². The minimum absolute atomic E-state index is 0.0838. The lowest BCUT2D eigenvalue weighted by Gasteiger charge is -2.54. The van der Waals surface area contributed by atoms with Crippen LogP contribution in [-0.4, -0.2) is 53.3 Å². The van der Waals surface area contributed by atoms with Crippen LogP contribution in [-0.2, 0) is 6.42 Å². The number of fused-ring (bicyclic) bond motifs is 4. The van der Waals surface area contributed by atoms with Crippen LogP contribution in [0.4, 0.5) is 4.79 Å². The summed E-state index contributed by atoms with van der Waals surface area (Å²) in [7, 11) is 0. The minimum atomic E-state index is -0.765. The average molecular weight is 505 g/mol. The Morgan fingerprint density at radius 3 is 2.41 bits per heavy atom. The van der Waals surface area contributed by atoms with Gasteiger partial charge in [-0.05, 0) is 116 Å². The maximum Gasteiger partial charge on any atom is 0.408 e. The van der Waals surface area contributed by atoms with E-state index in [9.17, 15) is 9.90 Å². The third kappa shape index (κ3) is 4.99. The predicted molar refractivity (Wildman–Crippen MR) is 149 cm³/mol. The molecule has 0 unspecified atom stereocenters. The number of aryl methyl sites for hydroxylation is 3. The van der Waals surface area contributed by atoms with Crippen molar-refractivity contribution in [1.82, 2.24) is 9.80 Å². The molecule has 3 saturated heterocycles. The summed E-state index contributed by atoms with van der Waals surface area (Å²) in [4.78, 5) is 17.2. The first-order valence-corrected chi connectivity index (χ1v) is 14.3. The fourth-order valence-electron chi connectivity index (χ4n) is 7.17. The molecule has 200 valence electrons. The molecule has 1 amide bonds. The van der Waals surface area contributed by atoms with Crippen LogP contribution in [0.1, 0.15) is 81.2 Å². The van der Waals surface area contributed by atoms with Crippen molar-refractivity contribution in [2.45, 2.75) is 85.2 Å². The summed E-state index contributed by atoms with van der Waals surface area (Å²) in [6.07, 6.45) is 5.63. The summed E-state index contributed by atoms with van der Waals surface area (Å²) >= 11 is 0. The SMILES string of the molecule is CCCCOc1c(C)cc(-c2ccc3c(c2)CCC(C)(C)[C@H]3N(C(=O)O)[C@@H]2CN3CCC2CC3)cc1C. The quantitative estimate of drug-likeness (QED) is 0.404. The molecule has 0 aromatic heterocycles. The van der Waals surface area contributed by atoms with Crippen LogP contribution in [0.25, 0.3) is 11.1 Å². The number of piperidine rings is 3. The largest absolute Gasteiger partial charge is 0.493 e. The van der Waals surface area contributed by atoms with E-state index in [2.05, 4.69) is 69.9 Å². The van der Waals surface area contributed by atoms with E-state index in [0.29, 0.717) is 5.92 Å². The predicted octanol–water partition coefficient (Wildman–Crippen LogP) is 7.24. The van der Waals surface area contributed by atoms with Gasteiger partial charge in [0, 0.05) is 6.54 Å². The van der Waals surface area contributed by atoms with E-state index in [4.69, 9.17) is 4.74 Å². The van der Waals surface area contributed by atoms with Crippen molar-refractivity contribution in [2.75, 3.05) is 26.2 Å². The summed E-state index contributed by atoms with van der Waals surface area (Å²) in [5.74, 6) is 1.48. The highest BCUT2D eigenvalue weighted by atomic mass is 16.5. The maximum absolute atomic E-state index is 12.9. The van der Waals surface area contributed by atoms with Crippen LogP contribution in [0.3, 0.4) is 0 Å². The van der Waals surface area contributed by atoms with Crippen molar-refractivity contribution < 1.29 is 14.6 Å². The highest BCUT2D eigenvalue weighted by Crippen LogP contribution is 2.50. The molecule has 1 N–H and O–H groups in total. The second-order valence-corrected chi connectivity index (χ2v) is 12.3. The van der Waals surface area contributed by atoms with Gasteiger partial charge >= 0.3 is 6.09 Å². The zero-order chi connectivity index (χ0) is 26.3. The zero-order valence-electron chi connectivity index (χ0n) is 23.3. The molecule has 6 rings (SSSR count). The molecule has 3 heterocycles. The number of nitrogens with zero attached hydrogens (tertiary/aromatic N) is 2. The molecule has 0 saturated carbocycles. The van der Waals surface area contributed by atoms with E-state index in [-0.39, 0.29) is 17.5 Å². The second-order valence-electron chi connectivity index (χ2n) is 12.3. The van der Waals surface area contributed by atoms with E-state index in [1.165, 1.54) is 33.4 Å². The number of benzene rings is 2. The molecule has 3 aliphatic heterocycles. The van der Waals surface area contributed by atoms with Crippen LogP contribution >= 0.6 is 0 Å². The highest BCUT2D eigenvalue weighted by molar-refractivity contribution is 5.70. The van der Waals surface area contributed by atoms with Gasteiger partial charge in [-0.2, -0.15) is 0 Å². The van der Waals surface area contributed by atoms with Crippen molar-refractivity contribution in [3.05, 3.63) is 52.6 Å². The van der Waals surface area contributed by atoms with Crippen molar-refractivity contribution in [3.8, 4) is 16.9 Å². The van der Waals surface area contributed by atoms with Crippen molar-refractivity contribution >= 4 is 6.09 Å². The highest BCUT2D eigenvalue weighted by Gasteiger charge is 2.48. The van der Waals surface area contributed by atoms with Gasteiger partial charge in [-0.25, -0.2) is 4.79 Å². The molecule has 3 fully saturated rings. The summed E-state index contributed by atoms with van der Waals surface area (Å²) in [6.45, 7) is 14.8. The molecule has 37 heavy (non-hydrogen) atoms. The standard InChI is InChI=1S/C32H44N2O3/c1-6-7-16-37-29-21(2)17-26(18-22(29)3)24-8-9-27-25(19-24)10-13-32(4,5)30(27)34(31(35)36)28-20-33-14-11-23(28)12-15-33/h8-9,17-19,23,28,30H,6-7,10-16,20H2,1-5H3,(H,35,36)/t28-,30+/m1/s1. The first-order chi connectivity index (χ1) is 17.7. The molecule has 4 aliphatic rings. The first-order valence-electron chi connectivity index (χ1n) is 14.3. The Balaban J connectivity index is 1.48. The Hall–Kier alpha value is -2.53. The zero-order valence-corrected chi connectivity index (χ0v) is 23.3. The number of amides is 1. The lowest BCUT2D eigenvalue weighted by Crippen LogP contribution is -2.61. The molecule has 0 spiro atoms. The van der Waals surface area contributed by atoms with Crippen LogP contribution in [0.2, 0.25) is 0 Å². The molecule has 5 nitrogen and oxygen atoms in total. The van der Waals surface area contributed by atoms with Crippen molar-refractivity contribution in [2.24, 2.45) is 11.3 Å². The fourth-order valence-corrected chi connectivity index (χ4v) is 7.17. The summed E-state index contributed by atoms with van der Waals surface area (Å²) < 4.78 is 6.09. The molecule has 1 aliphatic carbocycles. The van der Waals surface area contributed by atoms with E-state index in [0.717, 1.165) is 70.5 Å². The minimum Gasteiger partial charge on any atom is -0.493 e. The van der Waals surface area contributed by atoms with Crippen molar-refractivity contribution in [1.29, 1.82) is 0 Å². The number of hydrogen-bond donors (Lipinski definition) is 1. The lowest BCUT2D eigenvalue weighted by atomic mass is 9.68. The second kappa shape index (κ2) is 10.3. The molecule has 2 atom stereocenters. The molecular weight excluding hydrogens is 460 g/mol. The van der Waals surface area contributed by atoms with Gasteiger partial charge in [-0.15, -0.1) is 0 Å². The average Bonchev–Trinajstić information content (AvgIpc) is 2.87. The Morgan fingerprint density at radius 1 is 1.11 bits per heavy atom. The molecule has 2 aromatic carbocycles. The monoisotopic (exact) mass is 504 g/mol. The lowest BCUT2D eigenvalue weighted by molar-refractivity contribution is -0.0352. The Kier molecular flexibility index (Phi) is 7.28. The topological polar surface area (TPSA) is 53.0 Å². The Labute approximate surface area is 222 Å². The van der Waals surface area contributed by atoms with Gasteiger partial charge in [-0.1, -0.05) is 45.4 Å². The number of carboxylic acid groups (broad SMARTS) is 1. The van der Waals surface area contributed by atoms with Crippen LogP contribution in [0, 0.1) is 25.2 Å². The fraction of sp³-hybridized carbons (Fsp3) is 0.594. The van der Waals surface area contributed by atoms with Gasteiger partial charge in [0.15, 0.2) is 0 Å². The van der Waals surface area contributed by atoms with E-state index < -0.39 is 6.09 Å². The number of unbranched alkanes of at least 4 members (excludes halogenated alkanes) is 1. The number of carbonyl (C=O) groups is 1. The maximum atomic E-state index is 12.9. The van der Waals surface area contributed by atoms with Crippen LogP contribution < -0.4 is 4.74 Å². The van der Waals surface area contributed by atoms with Crippen molar-refractivity contribution in [3.63, 3.8) is 0 Å². The first kappa shape index (κ1) is 26.1. The summed E-state index contributed by atoms with van der Waals surface area (Å²) in [5.41, 5.74) is 7.13. The number of hydrogen-bond acceptors (Lipinski definition) is 3. The number of ether oxygens (including phenoxy) is 1. The van der Waals surface area contributed by atoms with Gasteiger partial charge in [0.1, 0.15) is 5.75 Å². The van der Waals surface area contributed by atoms with Gasteiger partial charge in [0.05, 0.1) is 18.7 Å². The van der Waals surface area contributed by atoms with Crippen LogP contribution in [0.5, 0.6) is 5.75 Å².